The van der Waals surface area contributed by atoms with Crippen LogP contribution in [0, 0.1) is 5.92 Å². The van der Waals surface area contributed by atoms with Gasteiger partial charge in [-0.2, -0.15) is 0 Å². The van der Waals surface area contributed by atoms with Gasteiger partial charge in [0.05, 0.1) is 17.6 Å². The molecule has 0 aromatic rings. The molecule has 1 aliphatic heterocycles. The maximum Gasteiger partial charge on any atom is 0.215 e. The van der Waals surface area contributed by atoms with Crippen molar-refractivity contribution in [2.45, 2.75) is 25.9 Å². The molecule has 6 nitrogen and oxygen atoms in total. The van der Waals surface area contributed by atoms with Crippen LogP contribution in [0.2, 0.25) is 0 Å². The molecule has 1 N–H and O–H groups in total. The molecule has 0 aliphatic carbocycles. The first-order valence-electron chi connectivity index (χ1n) is 5.95. The SMILES string of the molecule is CC(O)C1CCN(S(=O)(=O)CCS(C)(=O)=O)CC1. The molecular weight excluding hydrogens is 278 g/mol. The average Bonchev–Trinajstić information content (AvgIpc) is 2.26. The summed E-state index contributed by atoms with van der Waals surface area (Å²) in [5.41, 5.74) is 0. The predicted octanol–water partition coefficient (Wildman–Crippen LogP) is -0.546. The molecule has 1 heterocycles. The zero-order chi connectivity index (χ0) is 14.0. The smallest absolute Gasteiger partial charge is 0.215 e. The Bertz CT molecular complexity index is 460. The van der Waals surface area contributed by atoms with Crippen LogP contribution in [0.5, 0.6) is 0 Å². The van der Waals surface area contributed by atoms with Gasteiger partial charge in [0, 0.05) is 19.3 Å². The number of rotatable bonds is 5. The molecular formula is C10H21NO5S2. The molecule has 1 atom stereocenters. The first-order valence-corrected chi connectivity index (χ1v) is 9.62. The van der Waals surface area contributed by atoms with E-state index in [1.807, 2.05) is 0 Å². The number of aliphatic hydroxyl groups excluding tert-OH is 1. The minimum Gasteiger partial charge on any atom is -0.393 e. The average molecular weight is 299 g/mol. The van der Waals surface area contributed by atoms with Crippen LogP contribution in [0.4, 0.5) is 0 Å². The van der Waals surface area contributed by atoms with E-state index < -0.39 is 26.0 Å². The molecule has 0 aromatic heterocycles. The maximum atomic E-state index is 11.9. The van der Waals surface area contributed by atoms with Crippen LogP contribution in [0.15, 0.2) is 0 Å². The van der Waals surface area contributed by atoms with E-state index in [1.54, 1.807) is 6.92 Å². The number of hydrogen-bond acceptors (Lipinski definition) is 5. The second-order valence-electron chi connectivity index (χ2n) is 4.92. The predicted molar refractivity (Wildman–Crippen MR) is 69.5 cm³/mol. The Kier molecular flexibility index (Phi) is 5.16. The quantitative estimate of drug-likeness (QED) is 0.735. The van der Waals surface area contributed by atoms with E-state index in [0.29, 0.717) is 25.9 Å². The summed E-state index contributed by atoms with van der Waals surface area (Å²) in [7, 11) is -6.76. The third-order valence-electron chi connectivity index (χ3n) is 3.29. The van der Waals surface area contributed by atoms with E-state index in [0.717, 1.165) is 6.26 Å². The zero-order valence-corrected chi connectivity index (χ0v) is 12.4. The van der Waals surface area contributed by atoms with Gasteiger partial charge in [0.2, 0.25) is 10.0 Å². The number of nitrogens with zero attached hydrogens (tertiary/aromatic N) is 1. The highest BCUT2D eigenvalue weighted by Crippen LogP contribution is 2.22. The third-order valence-corrected chi connectivity index (χ3v) is 6.36. The van der Waals surface area contributed by atoms with Crippen LogP contribution in [-0.2, 0) is 19.9 Å². The van der Waals surface area contributed by atoms with Crippen molar-refractivity contribution in [2.24, 2.45) is 5.92 Å². The monoisotopic (exact) mass is 299 g/mol. The Morgan fingerprint density at radius 3 is 2.06 bits per heavy atom. The summed E-state index contributed by atoms with van der Waals surface area (Å²) in [6.45, 7) is 2.43. The van der Waals surface area contributed by atoms with Crippen LogP contribution in [0.1, 0.15) is 19.8 Å². The normalized spacial score (nSPS) is 21.9. The van der Waals surface area contributed by atoms with Gasteiger partial charge in [-0.15, -0.1) is 0 Å². The molecule has 0 saturated carbocycles. The highest BCUT2D eigenvalue weighted by molar-refractivity contribution is 7.93. The van der Waals surface area contributed by atoms with Gasteiger partial charge >= 0.3 is 0 Å². The lowest BCUT2D eigenvalue weighted by atomic mass is 9.93. The first-order chi connectivity index (χ1) is 8.12. The van der Waals surface area contributed by atoms with Crippen LogP contribution < -0.4 is 0 Å². The fourth-order valence-electron chi connectivity index (χ4n) is 2.02. The number of sulfone groups is 1. The molecule has 0 radical (unpaired) electrons. The molecule has 18 heavy (non-hydrogen) atoms. The van der Waals surface area contributed by atoms with Gasteiger partial charge in [-0.25, -0.2) is 21.1 Å². The Hall–Kier alpha value is -0.180. The number of aliphatic hydroxyl groups is 1. The minimum atomic E-state index is -3.49. The van der Waals surface area contributed by atoms with Crippen LogP contribution in [-0.4, -0.2) is 63.2 Å². The van der Waals surface area contributed by atoms with E-state index >= 15 is 0 Å². The van der Waals surface area contributed by atoms with Crippen molar-refractivity contribution in [2.75, 3.05) is 30.9 Å². The molecule has 1 fully saturated rings. The van der Waals surface area contributed by atoms with E-state index in [-0.39, 0.29) is 17.4 Å². The number of sulfonamides is 1. The van der Waals surface area contributed by atoms with Gasteiger partial charge < -0.3 is 5.11 Å². The summed E-state index contributed by atoms with van der Waals surface area (Å²) in [4.78, 5) is 0. The lowest BCUT2D eigenvalue weighted by Gasteiger charge is -2.32. The topological polar surface area (TPSA) is 91.8 Å². The Balaban J connectivity index is 2.56. The van der Waals surface area contributed by atoms with Crippen LogP contribution in [0.3, 0.4) is 0 Å². The Morgan fingerprint density at radius 1 is 1.17 bits per heavy atom. The van der Waals surface area contributed by atoms with Crippen molar-refractivity contribution in [3.05, 3.63) is 0 Å². The van der Waals surface area contributed by atoms with Crippen molar-refractivity contribution < 1.29 is 21.9 Å². The van der Waals surface area contributed by atoms with Crippen molar-refractivity contribution in [3.8, 4) is 0 Å². The highest BCUT2D eigenvalue weighted by atomic mass is 32.2. The molecule has 1 aliphatic rings. The molecule has 0 aromatic carbocycles. The summed E-state index contributed by atoms with van der Waals surface area (Å²) >= 11 is 0. The van der Waals surface area contributed by atoms with Gasteiger partial charge in [-0.1, -0.05) is 0 Å². The lowest BCUT2D eigenvalue weighted by Crippen LogP contribution is -2.42. The largest absolute Gasteiger partial charge is 0.393 e. The molecule has 0 bridgehead atoms. The van der Waals surface area contributed by atoms with Gasteiger partial charge in [0.15, 0.2) is 0 Å². The molecule has 108 valence electrons. The molecule has 1 saturated heterocycles. The lowest BCUT2D eigenvalue weighted by molar-refractivity contribution is 0.0912. The molecule has 1 rings (SSSR count). The first kappa shape index (κ1) is 15.9. The second kappa shape index (κ2) is 5.85. The van der Waals surface area contributed by atoms with Gasteiger partial charge in [0.25, 0.3) is 0 Å². The van der Waals surface area contributed by atoms with Crippen LogP contribution >= 0.6 is 0 Å². The fraction of sp³-hybridized carbons (Fsp3) is 1.00. The van der Waals surface area contributed by atoms with E-state index in [1.165, 1.54) is 4.31 Å². The fourth-order valence-corrected chi connectivity index (χ4v) is 5.10. The van der Waals surface area contributed by atoms with Gasteiger partial charge in [-0.3, -0.25) is 0 Å². The standard InChI is InChI=1S/C10H21NO5S2/c1-9(12)10-3-5-11(6-4-10)18(15,16)8-7-17(2,13)14/h9-10,12H,3-8H2,1-2H3. The van der Waals surface area contributed by atoms with Crippen molar-refractivity contribution >= 4 is 19.9 Å². The summed E-state index contributed by atoms with van der Waals surface area (Å²) in [6.07, 6.45) is 1.85. The third kappa shape index (κ3) is 4.83. The van der Waals surface area contributed by atoms with E-state index in [2.05, 4.69) is 0 Å². The van der Waals surface area contributed by atoms with Crippen molar-refractivity contribution in [1.29, 1.82) is 0 Å². The molecule has 8 heteroatoms. The van der Waals surface area contributed by atoms with Crippen LogP contribution in [0.25, 0.3) is 0 Å². The number of piperidine rings is 1. The Labute approximate surface area is 109 Å². The van der Waals surface area contributed by atoms with Crippen molar-refractivity contribution in [1.82, 2.24) is 4.31 Å². The van der Waals surface area contributed by atoms with Gasteiger partial charge in [-0.05, 0) is 25.7 Å². The zero-order valence-electron chi connectivity index (χ0n) is 10.7. The minimum absolute atomic E-state index is 0.131. The summed E-state index contributed by atoms with van der Waals surface area (Å²) in [5, 5.41) is 9.43. The second-order valence-corrected chi connectivity index (χ2v) is 9.27. The van der Waals surface area contributed by atoms with Gasteiger partial charge in [0.1, 0.15) is 9.84 Å². The summed E-state index contributed by atoms with van der Waals surface area (Å²) in [5.74, 6) is -0.567. The number of hydrogen-bond donors (Lipinski definition) is 1. The summed E-state index contributed by atoms with van der Waals surface area (Å²) < 4.78 is 47.1. The maximum absolute atomic E-state index is 11.9. The highest BCUT2D eigenvalue weighted by Gasteiger charge is 2.30. The van der Waals surface area contributed by atoms with E-state index in [9.17, 15) is 21.9 Å². The molecule has 0 spiro atoms. The molecule has 1 unspecified atom stereocenters. The molecule has 0 amide bonds. The summed E-state index contributed by atoms with van der Waals surface area (Å²) in [6, 6.07) is 0. The Morgan fingerprint density at radius 2 is 1.67 bits per heavy atom. The van der Waals surface area contributed by atoms with Crippen molar-refractivity contribution in [3.63, 3.8) is 0 Å². The van der Waals surface area contributed by atoms with E-state index in [4.69, 9.17) is 0 Å².